The van der Waals surface area contributed by atoms with Gasteiger partial charge in [-0.05, 0) is 44.9 Å². The molecule has 11 heteroatoms. The molecule has 1 spiro atoms. The van der Waals surface area contributed by atoms with E-state index in [0.29, 0.717) is 60.6 Å². The molecule has 1 aliphatic carbocycles. The predicted octanol–water partition coefficient (Wildman–Crippen LogP) is 4.15. The van der Waals surface area contributed by atoms with Crippen LogP contribution in [0.2, 0.25) is 5.02 Å². The fourth-order valence-corrected chi connectivity index (χ4v) is 5.22. The fraction of sp³-hybridized carbons (Fsp3) is 0.464. The van der Waals surface area contributed by atoms with Crippen molar-refractivity contribution in [2.24, 2.45) is 0 Å². The van der Waals surface area contributed by atoms with Crippen molar-refractivity contribution in [2.45, 2.75) is 56.9 Å². The number of methoxy groups -OCH3 is 1. The van der Waals surface area contributed by atoms with Crippen LogP contribution in [0.25, 0.3) is 0 Å². The molecule has 1 unspecified atom stereocenters. The van der Waals surface area contributed by atoms with Gasteiger partial charge in [-0.25, -0.2) is 0 Å². The average Bonchev–Trinajstić information content (AvgIpc) is 3.64. The zero-order chi connectivity index (χ0) is 27.6. The predicted molar refractivity (Wildman–Crippen MR) is 152 cm³/mol. The van der Waals surface area contributed by atoms with Gasteiger partial charge in [0.15, 0.2) is 5.75 Å². The maximum absolute atomic E-state index is 13.3. The maximum Gasteiger partial charge on any atom is 0.256 e. The van der Waals surface area contributed by atoms with Crippen molar-refractivity contribution in [2.75, 3.05) is 32.2 Å². The number of nitrogens with zero attached hydrogens (tertiary/aromatic N) is 1. The average molecular weight is 573 g/mol. The standard InChI is InChI=1S/C28H33ClN4O5S/c1-27(2)16-37-18(15-38-27)14-36-22-13-30-10-7-17(22)12-31-21-11-28(8-9-28)33-25(34)23(21)26(39)32-20-6-4-5-19(29)24(20)35-3/h4-7,10,13,18,31H,8-9,11-12,14-16H2,1-3H3,(H,32,39)(H,33,34). The molecule has 1 saturated carbocycles. The minimum Gasteiger partial charge on any atom is -0.493 e. The molecule has 2 aromatic rings. The molecule has 5 rings (SSSR count). The first-order valence-corrected chi connectivity index (χ1v) is 13.7. The van der Waals surface area contributed by atoms with E-state index in [1.807, 2.05) is 19.9 Å². The number of ether oxygens (including phenoxy) is 4. The summed E-state index contributed by atoms with van der Waals surface area (Å²) >= 11 is 12.0. The summed E-state index contributed by atoms with van der Waals surface area (Å²) in [6, 6.07) is 7.22. The lowest BCUT2D eigenvalue weighted by Crippen LogP contribution is -2.47. The number of anilines is 1. The van der Waals surface area contributed by atoms with Gasteiger partial charge in [0.1, 0.15) is 23.4 Å². The molecule has 0 radical (unpaired) electrons. The Bertz CT molecular complexity index is 1290. The van der Waals surface area contributed by atoms with E-state index in [1.54, 1.807) is 30.6 Å². The first-order valence-electron chi connectivity index (χ1n) is 12.9. The van der Waals surface area contributed by atoms with Crippen molar-refractivity contribution >= 4 is 40.4 Å². The first kappa shape index (κ1) is 27.6. The van der Waals surface area contributed by atoms with E-state index in [0.717, 1.165) is 24.1 Å². The van der Waals surface area contributed by atoms with Gasteiger partial charge < -0.3 is 34.9 Å². The monoisotopic (exact) mass is 572 g/mol. The van der Waals surface area contributed by atoms with Crippen LogP contribution in [0, 0.1) is 0 Å². The van der Waals surface area contributed by atoms with Gasteiger partial charge >= 0.3 is 0 Å². The van der Waals surface area contributed by atoms with Crippen LogP contribution in [-0.4, -0.2) is 60.1 Å². The Balaban J connectivity index is 1.31. The van der Waals surface area contributed by atoms with E-state index in [9.17, 15) is 4.79 Å². The number of rotatable bonds is 9. The number of hydrogen-bond donors (Lipinski definition) is 3. The Morgan fingerprint density at radius 3 is 2.85 bits per heavy atom. The highest BCUT2D eigenvalue weighted by atomic mass is 35.5. The van der Waals surface area contributed by atoms with Gasteiger partial charge in [-0.1, -0.05) is 29.9 Å². The lowest BCUT2D eigenvalue weighted by molar-refractivity contribution is -0.181. The molecular weight excluding hydrogens is 540 g/mol. The number of hydrogen-bond acceptors (Lipinski definition) is 8. The molecule has 9 nitrogen and oxygen atoms in total. The van der Waals surface area contributed by atoms with Crippen LogP contribution < -0.4 is 25.4 Å². The Hall–Kier alpha value is -2.92. The van der Waals surface area contributed by atoms with Crippen LogP contribution in [0.1, 0.15) is 38.7 Å². The summed E-state index contributed by atoms with van der Waals surface area (Å²) in [6.45, 7) is 5.76. The molecule has 208 valence electrons. The highest BCUT2D eigenvalue weighted by Crippen LogP contribution is 2.44. The molecule has 39 heavy (non-hydrogen) atoms. The topological polar surface area (TPSA) is 103 Å². The van der Waals surface area contributed by atoms with E-state index >= 15 is 0 Å². The summed E-state index contributed by atoms with van der Waals surface area (Å²) in [5.74, 6) is 0.899. The van der Waals surface area contributed by atoms with Crippen LogP contribution in [0.5, 0.6) is 11.5 Å². The lowest BCUT2D eigenvalue weighted by atomic mass is 9.98. The largest absolute Gasteiger partial charge is 0.493 e. The van der Waals surface area contributed by atoms with Gasteiger partial charge in [-0.3, -0.25) is 9.78 Å². The molecule has 1 atom stereocenters. The van der Waals surface area contributed by atoms with Crippen LogP contribution in [0.15, 0.2) is 47.9 Å². The smallest absolute Gasteiger partial charge is 0.256 e. The van der Waals surface area contributed by atoms with Gasteiger partial charge in [0.05, 0.1) is 48.4 Å². The van der Waals surface area contributed by atoms with E-state index in [1.165, 1.54) is 7.11 Å². The van der Waals surface area contributed by atoms with E-state index in [-0.39, 0.29) is 28.1 Å². The molecule has 2 fully saturated rings. The molecule has 1 aromatic heterocycles. The molecular formula is C28H33ClN4O5S. The van der Waals surface area contributed by atoms with Crippen molar-refractivity contribution in [3.05, 3.63) is 58.5 Å². The highest BCUT2D eigenvalue weighted by Gasteiger charge is 2.49. The molecule has 1 aromatic carbocycles. The quantitative estimate of drug-likeness (QED) is 0.382. The van der Waals surface area contributed by atoms with Gasteiger partial charge in [0.25, 0.3) is 5.91 Å². The number of aromatic nitrogens is 1. The maximum atomic E-state index is 13.3. The van der Waals surface area contributed by atoms with Crippen LogP contribution >= 0.6 is 23.8 Å². The van der Waals surface area contributed by atoms with Crippen molar-refractivity contribution in [1.82, 2.24) is 15.6 Å². The number of halogens is 1. The number of nitrogens with one attached hydrogen (secondary N) is 3. The number of carbonyl (C=O) groups is 1. The number of carbonyl (C=O) groups excluding carboxylic acids is 1. The normalized spacial score (nSPS) is 21.2. The summed E-state index contributed by atoms with van der Waals surface area (Å²) < 4.78 is 23.3. The highest BCUT2D eigenvalue weighted by molar-refractivity contribution is 7.81. The Labute approximate surface area is 238 Å². The van der Waals surface area contributed by atoms with Crippen LogP contribution in [0.3, 0.4) is 0 Å². The summed E-state index contributed by atoms with van der Waals surface area (Å²) in [5.41, 5.74) is 2.17. The van der Waals surface area contributed by atoms with Gasteiger partial charge in [0, 0.05) is 36.0 Å². The van der Waals surface area contributed by atoms with E-state index in [2.05, 4.69) is 20.9 Å². The molecule has 1 amide bonds. The lowest BCUT2D eigenvalue weighted by Gasteiger charge is -2.34. The second kappa shape index (κ2) is 11.3. The van der Waals surface area contributed by atoms with Crippen molar-refractivity contribution in [3.63, 3.8) is 0 Å². The summed E-state index contributed by atoms with van der Waals surface area (Å²) in [4.78, 5) is 17.8. The molecule has 1 saturated heterocycles. The zero-order valence-corrected chi connectivity index (χ0v) is 23.8. The van der Waals surface area contributed by atoms with Gasteiger partial charge in [-0.2, -0.15) is 0 Å². The zero-order valence-electron chi connectivity index (χ0n) is 22.3. The van der Waals surface area contributed by atoms with Crippen molar-refractivity contribution in [3.8, 4) is 11.5 Å². The summed E-state index contributed by atoms with van der Waals surface area (Å²) in [7, 11) is 1.54. The van der Waals surface area contributed by atoms with Gasteiger partial charge in [0.2, 0.25) is 0 Å². The third-order valence-electron chi connectivity index (χ3n) is 7.04. The van der Waals surface area contributed by atoms with Crippen molar-refractivity contribution in [1.29, 1.82) is 0 Å². The second-order valence-electron chi connectivity index (χ2n) is 10.7. The number of benzene rings is 1. The number of pyridine rings is 1. The third-order valence-corrected chi connectivity index (χ3v) is 7.64. The van der Waals surface area contributed by atoms with Crippen LogP contribution in [0.4, 0.5) is 5.69 Å². The van der Waals surface area contributed by atoms with E-state index < -0.39 is 0 Å². The Kier molecular flexibility index (Phi) is 8.00. The SMILES string of the molecule is COc1c(Cl)cccc1NC(=S)C1=C(NCc2ccncc2OCC2COC(C)(C)CO2)CC2(CC2)NC1=O. The third kappa shape index (κ3) is 6.46. The first-order chi connectivity index (χ1) is 18.7. The molecule has 0 bridgehead atoms. The number of amides is 1. The molecule has 3 N–H and O–H groups in total. The summed E-state index contributed by atoms with van der Waals surface area (Å²) in [6.07, 6.45) is 5.78. The number of thiocarbonyl (C=S) groups is 1. The van der Waals surface area contributed by atoms with Crippen LogP contribution in [-0.2, 0) is 20.8 Å². The molecule has 3 heterocycles. The van der Waals surface area contributed by atoms with Crippen molar-refractivity contribution < 1.29 is 23.7 Å². The summed E-state index contributed by atoms with van der Waals surface area (Å²) in [5, 5.41) is 10.2. The number of para-hydroxylation sites is 1. The molecule has 3 aliphatic rings. The second-order valence-corrected chi connectivity index (χ2v) is 11.5. The molecule has 2 aliphatic heterocycles. The fourth-order valence-electron chi connectivity index (χ4n) is 4.65. The Morgan fingerprint density at radius 2 is 2.13 bits per heavy atom. The van der Waals surface area contributed by atoms with Gasteiger partial charge in [-0.15, -0.1) is 0 Å². The minimum absolute atomic E-state index is 0.156. The minimum atomic E-state index is -0.288. The Morgan fingerprint density at radius 1 is 1.31 bits per heavy atom. The van der Waals surface area contributed by atoms with E-state index in [4.69, 9.17) is 42.8 Å².